The van der Waals surface area contributed by atoms with E-state index in [1.165, 1.54) is 0 Å². The summed E-state index contributed by atoms with van der Waals surface area (Å²) in [6.07, 6.45) is 3.43. The zero-order valence-corrected chi connectivity index (χ0v) is 18.5. The van der Waals surface area contributed by atoms with E-state index in [-0.39, 0.29) is 12.1 Å². The molecule has 0 radical (unpaired) electrons. The fourth-order valence-electron chi connectivity index (χ4n) is 4.29. The van der Waals surface area contributed by atoms with Gasteiger partial charge in [-0.25, -0.2) is 4.79 Å². The number of carbonyl (C=O) groups excluding carboxylic acids is 1. The third-order valence-corrected chi connectivity index (χ3v) is 5.68. The first-order valence-electron chi connectivity index (χ1n) is 10.6. The van der Waals surface area contributed by atoms with E-state index in [4.69, 9.17) is 4.74 Å². The summed E-state index contributed by atoms with van der Waals surface area (Å²) in [5.74, 6) is 0. The molecule has 1 aromatic carbocycles. The minimum absolute atomic E-state index is 0.118. The number of hydrogen-bond acceptors (Lipinski definition) is 4. The molecule has 1 aliphatic rings. The van der Waals surface area contributed by atoms with E-state index >= 15 is 0 Å². The van der Waals surface area contributed by atoms with Gasteiger partial charge in [-0.2, -0.15) is 0 Å². The van der Waals surface area contributed by atoms with E-state index in [9.17, 15) is 9.90 Å². The smallest absolute Gasteiger partial charge is 0.410 e. The summed E-state index contributed by atoms with van der Waals surface area (Å²) < 4.78 is 7.91. The Kier molecular flexibility index (Phi) is 5.01. The first-order valence-corrected chi connectivity index (χ1v) is 10.6. The van der Waals surface area contributed by atoms with Crippen LogP contribution >= 0.6 is 0 Å². The Labute approximate surface area is 177 Å². The van der Waals surface area contributed by atoms with Gasteiger partial charge in [0.05, 0.1) is 28.2 Å². The normalized spacial score (nSPS) is 18.2. The maximum Gasteiger partial charge on any atom is 0.410 e. The summed E-state index contributed by atoms with van der Waals surface area (Å²) in [7, 11) is 0. The number of nitrogens with zero attached hydrogens (tertiary/aromatic N) is 3. The van der Waals surface area contributed by atoms with E-state index in [2.05, 4.69) is 21.7 Å². The van der Waals surface area contributed by atoms with Crippen LogP contribution in [0.5, 0.6) is 0 Å². The Morgan fingerprint density at radius 2 is 1.93 bits per heavy atom. The molecule has 1 fully saturated rings. The van der Waals surface area contributed by atoms with Crippen LogP contribution in [0.4, 0.5) is 4.79 Å². The van der Waals surface area contributed by atoms with E-state index in [1.807, 2.05) is 50.1 Å². The van der Waals surface area contributed by atoms with Gasteiger partial charge in [-0.15, -0.1) is 0 Å². The highest BCUT2D eigenvalue weighted by atomic mass is 16.6. The van der Waals surface area contributed by atoms with E-state index in [0.29, 0.717) is 13.1 Å². The Morgan fingerprint density at radius 3 is 2.63 bits per heavy atom. The maximum atomic E-state index is 12.7. The van der Waals surface area contributed by atoms with Gasteiger partial charge >= 0.3 is 6.09 Å². The van der Waals surface area contributed by atoms with Gasteiger partial charge in [0.15, 0.2) is 0 Å². The molecule has 4 rings (SSSR count). The number of aromatic nitrogens is 2. The van der Waals surface area contributed by atoms with Crippen molar-refractivity contribution in [1.82, 2.24) is 14.5 Å². The van der Waals surface area contributed by atoms with Crippen molar-refractivity contribution in [3.05, 3.63) is 42.1 Å². The standard InChI is InChI=1S/C24H31N3O3/c1-23(2,3)30-22(28)26-13-7-8-17(15-26)27-19-9-6-12-25-21(19)18-11-10-16(14-20(18)27)24(4,5)29/h6,9-12,14,17,29H,7-8,13,15H2,1-5H3. The summed E-state index contributed by atoms with van der Waals surface area (Å²) in [6.45, 7) is 10.6. The molecule has 3 heterocycles. The molecule has 6 heteroatoms. The molecule has 30 heavy (non-hydrogen) atoms. The van der Waals surface area contributed by atoms with Gasteiger partial charge in [0.1, 0.15) is 5.60 Å². The van der Waals surface area contributed by atoms with Gasteiger partial charge in [-0.1, -0.05) is 12.1 Å². The van der Waals surface area contributed by atoms with E-state index in [0.717, 1.165) is 40.3 Å². The molecule has 1 N–H and O–H groups in total. The molecule has 0 saturated carbocycles. The number of benzene rings is 1. The van der Waals surface area contributed by atoms with E-state index < -0.39 is 11.2 Å². The number of amides is 1. The highest BCUT2D eigenvalue weighted by Crippen LogP contribution is 2.36. The number of fused-ring (bicyclic) bond motifs is 3. The number of pyridine rings is 1. The SMILES string of the molecule is CC(C)(C)OC(=O)N1CCCC(n2c3cc(C(C)(C)O)ccc3c3ncccc32)C1. The van der Waals surface area contributed by atoms with Gasteiger partial charge in [0.25, 0.3) is 0 Å². The summed E-state index contributed by atoms with van der Waals surface area (Å²) in [5.41, 5.74) is 2.46. The molecule has 3 aromatic rings. The summed E-state index contributed by atoms with van der Waals surface area (Å²) >= 11 is 0. The van der Waals surface area contributed by atoms with Crippen molar-refractivity contribution in [3.63, 3.8) is 0 Å². The number of hydrogen-bond donors (Lipinski definition) is 1. The van der Waals surface area contributed by atoms with Crippen molar-refractivity contribution in [2.45, 2.75) is 64.7 Å². The number of ether oxygens (including phenoxy) is 1. The first-order chi connectivity index (χ1) is 14.0. The van der Waals surface area contributed by atoms with Crippen molar-refractivity contribution < 1.29 is 14.6 Å². The molecule has 1 saturated heterocycles. The average Bonchev–Trinajstić information content (AvgIpc) is 3.00. The molecular formula is C24H31N3O3. The number of likely N-dealkylation sites (tertiary alicyclic amines) is 1. The second-order valence-electron chi connectivity index (χ2n) is 9.75. The Balaban J connectivity index is 1.79. The minimum Gasteiger partial charge on any atom is -0.444 e. The maximum absolute atomic E-state index is 12.7. The predicted octanol–water partition coefficient (Wildman–Crippen LogP) is 4.99. The highest BCUT2D eigenvalue weighted by molar-refractivity contribution is 6.06. The predicted molar refractivity (Wildman–Crippen MR) is 119 cm³/mol. The van der Waals surface area contributed by atoms with E-state index in [1.54, 1.807) is 13.8 Å². The number of aliphatic hydroxyl groups is 1. The molecule has 0 bridgehead atoms. The third kappa shape index (κ3) is 3.88. The number of rotatable bonds is 2. The molecule has 2 aromatic heterocycles. The Bertz CT molecular complexity index is 1090. The average molecular weight is 410 g/mol. The van der Waals surface area contributed by atoms with Crippen LogP contribution in [0.2, 0.25) is 0 Å². The van der Waals surface area contributed by atoms with Gasteiger partial charge in [-0.05, 0) is 71.2 Å². The van der Waals surface area contributed by atoms with Crippen molar-refractivity contribution in [3.8, 4) is 0 Å². The van der Waals surface area contributed by atoms with Crippen LogP contribution < -0.4 is 0 Å². The topological polar surface area (TPSA) is 67.6 Å². The van der Waals surface area contributed by atoms with Crippen LogP contribution in [0.3, 0.4) is 0 Å². The fourth-order valence-corrected chi connectivity index (χ4v) is 4.29. The summed E-state index contributed by atoms with van der Waals surface area (Å²) in [5, 5.41) is 11.6. The third-order valence-electron chi connectivity index (χ3n) is 5.68. The van der Waals surface area contributed by atoms with Crippen LogP contribution in [0, 0.1) is 0 Å². The van der Waals surface area contributed by atoms with Crippen molar-refractivity contribution in [2.24, 2.45) is 0 Å². The highest BCUT2D eigenvalue weighted by Gasteiger charge is 2.30. The molecule has 1 atom stereocenters. The lowest BCUT2D eigenvalue weighted by atomic mass is 9.97. The molecule has 1 unspecified atom stereocenters. The zero-order chi connectivity index (χ0) is 21.7. The molecule has 160 valence electrons. The minimum atomic E-state index is -0.933. The van der Waals surface area contributed by atoms with Gasteiger partial charge in [0, 0.05) is 24.7 Å². The lowest BCUT2D eigenvalue weighted by molar-refractivity contribution is 0.0176. The molecular weight excluding hydrogens is 378 g/mol. The van der Waals surface area contributed by atoms with Gasteiger partial charge in [-0.3, -0.25) is 4.98 Å². The summed E-state index contributed by atoms with van der Waals surface area (Å²) in [6, 6.07) is 10.2. The summed E-state index contributed by atoms with van der Waals surface area (Å²) in [4.78, 5) is 19.1. The van der Waals surface area contributed by atoms with Crippen molar-refractivity contribution in [1.29, 1.82) is 0 Å². The fraction of sp³-hybridized carbons (Fsp3) is 0.500. The van der Waals surface area contributed by atoms with Crippen molar-refractivity contribution >= 4 is 28.0 Å². The second kappa shape index (κ2) is 7.27. The van der Waals surface area contributed by atoms with Gasteiger partial charge < -0.3 is 19.3 Å². The van der Waals surface area contributed by atoms with Crippen LogP contribution in [0.25, 0.3) is 21.9 Å². The van der Waals surface area contributed by atoms with Crippen LogP contribution in [-0.2, 0) is 10.3 Å². The number of piperidine rings is 1. The molecule has 6 nitrogen and oxygen atoms in total. The number of carbonyl (C=O) groups is 1. The molecule has 0 spiro atoms. The van der Waals surface area contributed by atoms with Crippen LogP contribution in [-0.4, -0.2) is 44.3 Å². The van der Waals surface area contributed by atoms with Crippen molar-refractivity contribution in [2.75, 3.05) is 13.1 Å². The first kappa shape index (κ1) is 20.7. The Hall–Kier alpha value is -2.60. The monoisotopic (exact) mass is 409 g/mol. The Morgan fingerprint density at radius 1 is 1.17 bits per heavy atom. The van der Waals surface area contributed by atoms with Gasteiger partial charge in [0.2, 0.25) is 0 Å². The molecule has 1 aliphatic heterocycles. The molecule has 1 amide bonds. The molecule has 0 aliphatic carbocycles. The largest absolute Gasteiger partial charge is 0.444 e. The second-order valence-corrected chi connectivity index (χ2v) is 9.75. The van der Waals surface area contributed by atoms with Crippen LogP contribution in [0.15, 0.2) is 36.5 Å². The quantitative estimate of drug-likeness (QED) is 0.647. The lowest BCUT2D eigenvalue weighted by Crippen LogP contribution is -2.43. The van der Waals surface area contributed by atoms with Crippen LogP contribution in [0.1, 0.15) is 59.1 Å². The zero-order valence-electron chi connectivity index (χ0n) is 18.5. The lowest BCUT2D eigenvalue weighted by Gasteiger charge is -2.35.